The van der Waals surface area contributed by atoms with Crippen molar-refractivity contribution in [1.82, 2.24) is 10.3 Å². The van der Waals surface area contributed by atoms with Crippen LogP contribution in [0, 0.1) is 19.8 Å². The predicted octanol–water partition coefficient (Wildman–Crippen LogP) is 2.84. The largest absolute Gasteiger partial charge is 0.496 e. The van der Waals surface area contributed by atoms with Crippen LogP contribution >= 0.6 is 0 Å². The number of nitrogens with one attached hydrogen (secondary N) is 1. The van der Waals surface area contributed by atoms with Crippen LogP contribution in [0.5, 0.6) is 5.75 Å². The van der Waals surface area contributed by atoms with Gasteiger partial charge in [0, 0.05) is 29.9 Å². The second kappa shape index (κ2) is 6.01. The van der Waals surface area contributed by atoms with Crippen LogP contribution in [0.2, 0.25) is 0 Å². The SMILES string of the molecule is COc1c(C)cnc(CNC(C)C(C)C)c1C. The molecule has 1 aromatic rings. The lowest BCUT2D eigenvalue weighted by Crippen LogP contribution is -2.30. The highest BCUT2D eigenvalue weighted by atomic mass is 16.5. The Balaban J connectivity index is 2.79. The molecule has 0 fully saturated rings. The van der Waals surface area contributed by atoms with E-state index in [1.807, 2.05) is 13.1 Å². The van der Waals surface area contributed by atoms with Crippen molar-refractivity contribution in [2.45, 2.75) is 47.2 Å². The molecule has 17 heavy (non-hydrogen) atoms. The van der Waals surface area contributed by atoms with Crippen LogP contribution in [0.25, 0.3) is 0 Å². The standard InChI is InChI=1S/C14H24N2O/c1-9(2)12(5)15-8-13-11(4)14(17-6)10(3)7-16-13/h7,9,12,15H,8H2,1-6H3. The lowest BCUT2D eigenvalue weighted by atomic mass is 10.1. The quantitative estimate of drug-likeness (QED) is 0.853. The van der Waals surface area contributed by atoms with E-state index in [0.29, 0.717) is 12.0 Å². The van der Waals surface area contributed by atoms with Gasteiger partial charge in [-0.25, -0.2) is 0 Å². The van der Waals surface area contributed by atoms with Crippen LogP contribution < -0.4 is 10.1 Å². The van der Waals surface area contributed by atoms with E-state index in [9.17, 15) is 0 Å². The third-order valence-corrected chi connectivity index (χ3v) is 3.34. The van der Waals surface area contributed by atoms with Gasteiger partial charge in [0.25, 0.3) is 0 Å². The number of nitrogens with zero attached hydrogens (tertiary/aromatic N) is 1. The molecule has 1 aromatic heterocycles. The Morgan fingerprint density at radius 1 is 1.29 bits per heavy atom. The van der Waals surface area contributed by atoms with E-state index < -0.39 is 0 Å². The molecule has 0 aliphatic carbocycles. The number of rotatable bonds is 5. The van der Waals surface area contributed by atoms with Crippen LogP contribution in [0.4, 0.5) is 0 Å². The number of methoxy groups -OCH3 is 1. The molecule has 0 saturated heterocycles. The van der Waals surface area contributed by atoms with Gasteiger partial charge in [-0.05, 0) is 26.7 Å². The number of aryl methyl sites for hydroxylation is 1. The Bertz CT molecular complexity index is 375. The predicted molar refractivity (Wildman–Crippen MR) is 71.4 cm³/mol. The molecule has 96 valence electrons. The van der Waals surface area contributed by atoms with Gasteiger partial charge in [0.05, 0.1) is 12.8 Å². The molecule has 1 heterocycles. The van der Waals surface area contributed by atoms with Gasteiger partial charge in [0.15, 0.2) is 0 Å². The lowest BCUT2D eigenvalue weighted by molar-refractivity contribution is 0.402. The minimum atomic E-state index is 0.489. The molecule has 0 amide bonds. The first-order valence-corrected chi connectivity index (χ1v) is 6.19. The molecule has 0 spiro atoms. The minimum absolute atomic E-state index is 0.489. The average Bonchev–Trinajstić information content (AvgIpc) is 2.28. The summed E-state index contributed by atoms with van der Waals surface area (Å²) in [6.07, 6.45) is 1.88. The van der Waals surface area contributed by atoms with E-state index in [-0.39, 0.29) is 0 Å². The molecule has 3 heteroatoms. The Labute approximate surface area is 105 Å². The fourth-order valence-electron chi connectivity index (χ4n) is 1.74. The number of ether oxygens (including phenoxy) is 1. The molecular weight excluding hydrogens is 212 g/mol. The van der Waals surface area contributed by atoms with E-state index >= 15 is 0 Å². The second-order valence-corrected chi connectivity index (χ2v) is 4.96. The highest BCUT2D eigenvalue weighted by Crippen LogP contribution is 2.23. The van der Waals surface area contributed by atoms with Gasteiger partial charge in [-0.1, -0.05) is 13.8 Å². The van der Waals surface area contributed by atoms with Crippen molar-refractivity contribution in [3.8, 4) is 5.75 Å². The average molecular weight is 236 g/mol. The highest BCUT2D eigenvalue weighted by molar-refractivity contribution is 5.40. The Morgan fingerprint density at radius 2 is 1.94 bits per heavy atom. The molecule has 0 saturated carbocycles. The fourth-order valence-corrected chi connectivity index (χ4v) is 1.74. The fraction of sp³-hybridized carbons (Fsp3) is 0.643. The van der Waals surface area contributed by atoms with Crippen LogP contribution in [-0.2, 0) is 6.54 Å². The first-order chi connectivity index (χ1) is 7.97. The van der Waals surface area contributed by atoms with Crippen LogP contribution in [0.3, 0.4) is 0 Å². The molecule has 1 unspecified atom stereocenters. The zero-order valence-corrected chi connectivity index (χ0v) is 11.8. The van der Waals surface area contributed by atoms with E-state index in [2.05, 4.69) is 38.0 Å². The minimum Gasteiger partial charge on any atom is -0.496 e. The van der Waals surface area contributed by atoms with E-state index in [4.69, 9.17) is 4.74 Å². The highest BCUT2D eigenvalue weighted by Gasteiger charge is 2.11. The molecule has 1 atom stereocenters. The zero-order chi connectivity index (χ0) is 13.0. The van der Waals surface area contributed by atoms with Crippen molar-refractivity contribution in [2.24, 2.45) is 5.92 Å². The van der Waals surface area contributed by atoms with Crippen LogP contribution in [-0.4, -0.2) is 18.1 Å². The van der Waals surface area contributed by atoms with Crippen molar-refractivity contribution in [2.75, 3.05) is 7.11 Å². The third kappa shape index (κ3) is 3.43. The molecule has 0 bridgehead atoms. The summed E-state index contributed by atoms with van der Waals surface area (Å²) < 4.78 is 5.40. The van der Waals surface area contributed by atoms with Gasteiger partial charge in [0.2, 0.25) is 0 Å². The molecule has 0 aliphatic rings. The van der Waals surface area contributed by atoms with E-state index in [1.165, 1.54) is 0 Å². The smallest absolute Gasteiger partial charge is 0.128 e. The van der Waals surface area contributed by atoms with E-state index in [1.54, 1.807) is 7.11 Å². The first kappa shape index (κ1) is 14.0. The maximum absolute atomic E-state index is 5.40. The maximum atomic E-state index is 5.40. The Kier molecular flexibility index (Phi) is 4.94. The Hall–Kier alpha value is -1.09. The summed E-state index contributed by atoms with van der Waals surface area (Å²) in [5.74, 6) is 1.58. The number of hydrogen-bond donors (Lipinski definition) is 1. The van der Waals surface area contributed by atoms with Crippen molar-refractivity contribution >= 4 is 0 Å². The summed E-state index contributed by atoms with van der Waals surface area (Å²) in [6, 6.07) is 0.489. The van der Waals surface area contributed by atoms with Gasteiger partial charge in [-0.2, -0.15) is 0 Å². The van der Waals surface area contributed by atoms with Crippen LogP contribution in [0.15, 0.2) is 6.20 Å². The topological polar surface area (TPSA) is 34.1 Å². The molecule has 0 radical (unpaired) electrons. The van der Waals surface area contributed by atoms with Crippen molar-refractivity contribution in [3.63, 3.8) is 0 Å². The molecule has 1 N–H and O–H groups in total. The molecule has 1 rings (SSSR count). The van der Waals surface area contributed by atoms with E-state index in [0.717, 1.165) is 29.1 Å². The summed E-state index contributed by atoms with van der Waals surface area (Å²) in [7, 11) is 1.71. The monoisotopic (exact) mass is 236 g/mol. The van der Waals surface area contributed by atoms with Crippen molar-refractivity contribution in [1.29, 1.82) is 0 Å². The second-order valence-electron chi connectivity index (χ2n) is 4.96. The Morgan fingerprint density at radius 3 is 2.47 bits per heavy atom. The molecule has 3 nitrogen and oxygen atoms in total. The number of aromatic nitrogens is 1. The number of pyridine rings is 1. The zero-order valence-electron chi connectivity index (χ0n) is 11.8. The summed E-state index contributed by atoms with van der Waals surface area (Å²) in [5, 5.41) is 3.49. The van der Waals surface area contributed by atoms with Gasteiger partial charge in [-0.3, -0.25) is 4.98 Å². The third-order valence-electron chi connectivity index (χ3n) is 3.34. The summed E-state index contributed by atoms with van der Waals surface area (Å²) >= 11 is 0. The van der Waals surface area contributed by atoms with Crippen LogP contribution in [0.1, 0.15) is 37.6 Å². The lowest BCUT2D eigenvalue weighted by Gasteiger charge is -2.18. The first-order valence-electron chi connectivity index (χ1n) is 6.19. The molecular formula is C14H24N2O. The molecule has 0 aliphatic heterocycles. The summed E-state index contributed by atoms with van der Waals surface area (Å²) in [6.45, 7) is 11.5. The van der Waals surface area contributed by atoms with Gasteiger partial charge >= 0.3 is 0 Å². The molecule has 0 aromatic carbocycles. The summed E-state index contributed by atoms with van der Waals surface area (Å²) in [5.41, 5.74) is 3.29. The summed E-state index contributed by atoms with van der Waals surface area (Å²) in [4.78, 5) is 4.48. The van der Waals surface area contributed by atoms with Gasteiger partial charge in [-0.15, -0.1) is 0 Å². The van der Waals surface area contributed by atoms with Crippen molar-refractivity contribution in [3.05, 3.63) is 23.0 Å². The van der Waals surface area contributed by atoms with Crippen molar-refractivity contribution < 1.29 is 4.74 Å². The maximum Gasteiger partial charge on any atom is 0.128 e. The van der Waals surface area contributed by atoms with Gasteiger partial charge < -0.3 is 10.1 Å². The van der Waals surface area contributed by atoms with Gasteiger partial charge in [0.1, 0.15) is 5.75 Å². The number of hydrogen-bond acceptors (Lipinski definition) is 3. The normalized spacial score (nSPS) is 12.9.